The highest BCUT2D eigenvalue weighted by Crippen LogP contribution is 2.30. The molecule has 1 N–H and O–H groups in total. The molecule has 10 heteroatoms. The van der Waals surface area contributed by atoms with Gasteiger partial charge >= 0.3 is 5.97 Å². The minimum absolute atomic E-state index is 0.145. The summed E-state index contributed by atoms with van der Waals surface area (Å²) in [7, 11) is -4.38. The standard InChI is InChI=1S/C24H27ClN2O6S/c1-24(2,3)21(23(30)31)26-14-17(13-16-7-5-4-6-8-16)22(29)27(15-20(26)28)34(32,33)19-11-9-18(25)10-12-19/h4-12,17,21H,13-15H2,1-3H3,(H,30,31). The molecule has 0 saturated carbocycles. The van der Waals surface area contributed by atoms with E-state index in [-0.39, 0.29) is 17.9 Å². The van der Waals surface area contributed by atoms with Crippen LogP contribution in [0.3, 0.4) is 0 Å². The number of amides is 2. The van der Waals surface area contributed by atoms with Crippen LogP contribution in [0.5, 0.6) is 0 Å². The topological polar surface area (TPSA) is 112 Å². The zero-order valence-electron chi connectivity index (χ0n) is 19.1. The second kappa shape index (κ2) is 9.76. The third kappa shape index (κ3) is 5.42. The number of rotatable bonds is 6. The molecule has 0 aliphatic carbocycles. The normalized spacial score (nSPS) is 18.5. The highest BCUT2D eigenvalue weighted by atomic mass is 35.5. The fourth-order valence-electron chi connectivity index (χ4n) is 4.12. The smallest absolute Gasteiger partial charge is 0.326 e. The van der Waals surface area contributed by atoms with Crippen LogP contribution in [-0.2, 0) is 30.8 Å². The SMILES string of the molecule is CC(C)(C)C(C(=O)O)N1CC(Cc2ccccc2)C(=O)N(S(=O)(=O)c2ccc(Cl)cc2)CC1=O. The maximum absolute atomic E-state index is 13.6. The number of aliphatic carboxylic acids is 1. The second-order valence-electron chi connectivity index (χ2n) is 9.34. The minimum Gasteiger partial charge on any atom is -0.480 e. The Balaban J connectivity index is 2.09. The number of halogens is 1. The first-order valence-corrected chi connectivity index (χ1v) is 12.5. The van der Waals surface area contributed by atoms with Gasteiger partial charge in [0.2, 0.25) is 11.8 Å². The van der Waals surface area contributed by atoms with Crippen molar-refractivity contribution in [1.29, 1.82) is 0 Å². The minimum atomic E-state index is -4.38. The summed E-state index contributed by atoms with van der Waals surface area (Å²) in [6, 6.07) is 13.0. The average Bonchev–Trinajstić information content (AvgIpc) is 2.86. The zero-order valence-corrected chi connectivity index (χ0v) is 20.7. The number of carboxylic acids is 1. The number of nitrogens with zero attached hydrogens (tertiary/aromatic N) is 2. The van der Waals surface area contributed by atoms with Crippen LogP contribution in [0.1, 0.15) is 26.3 Å². The van der Waals surface area contributed by atoms with Gasteiger partial charge in [-0.05, 0) is 41.7 Å². The van der Waals surface area contributed by atoms with Gasteiger partial charge in [-0.25, -0.2) is 17.5 Å². The van der Waals surface area contributed by atoms with Crippen molar-refractivity contribution in [2.24, 2.45) is 11.3 Å². The molecule has 0 bridgehead atoms. The first-order chi connectivity index (χ1) is 15.8. The van der Waals surface area contributed by atoms with Crippen molar-refractivity contribution in [3.63, 3.8) is 0 Å². The van der Waals surface area contributed by atoms with Gasteiger partial charge in [0.1, 0.15) is 12.6 Å². The summed E-state index contributed by atoms with van der Waals surface area (Å²) in [5.41, 5.74) is -0.0897. The largest absolute Gasteiger partial charge is 0.480 e. The lowest BCUT2D eigenvalue weighted by molar-refractivity contribution is -0.155. The van der Waals surface area contributed by atoms with E-state index in [0.717, 1.165) is 10.5 Å². The van der Waals surface area contributed by atoms with Crippen molar-refractivity contribution in [3.8, 4) is 0 Å². The van der Waals surface area contributed by atoms with E-state index in [4.69, 9.17) is 11.6 Å². The summed E-state index contributed by atoms with van der Waals surface area (Å²) in [4.78, 5) is 39.9. The summed E-state index contributed by atoms with van der Waals surface area (Å²) in [6.07, 6.45) is 0.145. The van der Waals surface area contributed by atoms with Crippen LogP contribution < -0.4 is 0 Å². The van der Waals surface area contributed by atoms with E-state index in [1.165, 1.54) is 24.3 Å². The van der Waals surface area contributed by atoms with Crippen molar-refractivity contribution < 1.29 is 27.9 Å². The van der Waals surface area contributed by atoms with Crippen LogP contribution in [0.2, 0.25) is 5.02 Å². The molecule has 182 valence electrons. The Morgan fingerprint density at radius 2 is 1.68 bits per heavy atom. The Morgan fingerprint density at radius 1 is 1.09 bits per heavy atom. The Kier molecular flexibility index (Phi) is 7.38. The van der Waals surface area contributed by atoms with Gasteiger partial charge in [-0.15, -0.1) is 0 Å². The third-order valence-electron chi connectivity index (χ3n) is 5.70. The number of benzene rings is 2. The molecule has 34 heavy (non-hydrogen) atoms. The quantitative estimate of drug-likeness (QED) is 0.644. The Bertz CT molecular complexity index is 1180. The molecule has 1 heterocycles. The number of hydrogen-bond donors (Lipinski definition) is 1. The van der Waals surface area contributed by atoms with Crippen LogP contribution in [-0.4, -0.2) is 59.6 Å². The highest BCUT2D eigenvalue weighted by Gasteiger charge is 2.46. The number of carboxylic acid groups (broad SMARTS) is 1. The van der Waals surface area contributed by atoms with E-state index in [0.29, 0.717) is 9.33 Å². The number of hydrogen-bond acceptors (Lipinski definition) is 5. The van der Waals surface area contributed by atoms with Gasteiger partial charge in [0.05, 0.1) is 10.8 Å². The molecule has 8 nitrogen and oxygen atoms in total. The molecule has 2 aromatic carbocycles. The van der Waals surface area contributed by atoms with Gasteiger partial charge in [-0.2, -0.15) is 0 Å². The average molecular weight is 507 g/mol. The molecule has 1 aliphatic heterocycles. The predicted octanol–water partition coefficient (Wildman–Crippen LogP) is 3.06. The van der Waals surface area contributed by atoms with Crippen LogP contribution >= 0.6 is 11.6 Å². The molecule has 1 aliphatic rings. The van der Waals surface area contributed by atoms with Crippen molar-refractivity contribution in [1.82, 2.24) is 9.21 Å². The highest BCUT2D eigenvalue weighted by molar-refractivity contribution is 7.89. The first-order valence-electron chi connectivity index (χ1n) is 10.7. The van der Waals surface area contributed by atoms with Gasteiger partial charge in [0.15, 0.2) is 0 Å². The molecule has 0 aromatic heterocycles. The summed E-state index contributed by atoms with van der Waals surface area (Å²) in [6.45, 7) is 4.04. The predicted molar refractivity (Wildman–Crippen MR) is 127 cm³/mol. The molecular weight excluding hydrogens is 480 g/mol. The molecule has 0 radical (unpaired) electrons. The summed E-state index contributed by atoms with van der Waals surface area (Å²) in [5, 5.41) is 10.2. The number of carbonyl (C=O) groups is 3. The van der Waals surface area contributed by atoms with Crippen molar-refractivity contribution in [2.75, 3.05) is 13.1 Å². The molecular formula is C24H27ClN2O6S. The zero-order chi connectivity index (χ0) is 25.3. The second-order valence-corrected chi connectivity index (χ2v) is 11.6. The van der Waals surface area contributed by atoms with Crippen LogP contribution in [0, 0.1) is 11.3 Å². The molecule has 2 atom stereocenters. The monoisotopic (exact) mass is 506 g/mol. The summed E-state index contributed by atoms with van der Waals surface area (Å²) in [5.74, 6) is -3.68. The molecule has 2 unspecified atom stereocenters. The molecule has 2 aromatic rings. The summed E-state index contributed by atoms with van der Waals surface area (Å²) >= 11 is 5.87. The molecule has 3 rings (SSSR count). The van der Waals surface area contributed by atoms with E-state index >= 15 is 0 Å². The lowest BCUT2D eigenvalue weighted by atomic mass is 9.84. The lowest BCUT2D eigenvalue weighted by Crippen LogP contribution is -2.54. The van der Waals surface area contributed by atoms with E-state index in [1.54, 1.807) is 45.0 Å². The van der Waals surface area contributed by atoms with Crippen molar-refractivity contribution >= 4 is 39.4 Å². The fraction of sp³-hybridized carbons (Fsp3) is 0.375. The third-order valence-corrected chi connectivity index (χ3v) is 7.71. The Hall–Kier alpha value is -2.91. The van der Waals surface area contributed by atoms with Crippen LogP contribution in [0.15, 0.2) is 59.5 Å². The maximum Gasteiger partial charge on any atom is 0.326 e. The molecule has 0 spiro atoms. The van der Waals surface area contributed by atoms with Crippen molar-refractivity contribution in [3.05, 3.63) is 65.2 Å². The fourth-order valence-corrected chi connectivity index (χ4v) is 5.65. The van der Waals surface area contributed by atoms with E-state index < -0.39 is 51.7 Å². The Labute approximate surface area is 204 Å². The number of sulfonamides is 1. The lowest BCUT2D eigenvalue weighted by Gasteiger charge is -2.37. The van der Waals surface area contributed by atoms with Crippen LogP contribution in [0.4, 0.5) is 0 Å². The van der Waals surface area contributed by atoms with Gasteiger partial charge in [0, 0.05) is 11.6 Å². The van der Waals surface area contributed by atoms with Gasteiger partial charge in [0.25, 0.3) is 10.0 Å². The molecule has 1 fully saturated rings. The van der Waals surface area contributed by atoms with E-state index in [2.05, 4.69) is 0 Å². The molecule has 1 saturated heterocycles. The van der Waals surface area contributed by atoms with Gasteiger partial charge in [-0.1, -0.05) is 62.7 Å². The maximum atomic E-state index is 13.6. The molecule has 2 amide bonds. The van der Waals surface area contributed by atoms with Gasteiger partial charge < -0.3 is 10.0 Å². The van der Waals surface area contributed by atoms with Gasteiger partial charge in [-0.3, -0.25) is 9.59 Å². The van der Waals surface area contributed by atoms with Crippen LogP contribution in [0.25, 0.3) is 0 Å². The summed E-state index contributed by atoms with van der Waals surface area (Å²) < 4.78 is 27.3. The van der Waals surface area contributed by atoms with E-state index in [1.807, 2.05) is 6.07 Å². The number of carbonyl (C=O) groups excluding carboxylic acids is 2. The first kappa shape index (κ1) is 25.7. The Morgan fingerprint density at radius 3 is 2.21 bits per heavy atom. The van der Waals surface area contributed by atoms with Crippen molar-refractivity contribution in [2.45, 2.75) is 38.1 Å². The van der Waals surface area contributed by atoms with E-state index in [9.17, 15) is 27.9 Å².